The van der Waals surface area contributed by atoms with E-state index < -0.39 is 5.60 Å². The van der Waals surface area contributed by atoms with Crippen molar-refractivity contribution in [2.24, 2.45) is 0 Å². The first-order valence-electron chi connectivity index (χ1n) is 3.43. The van der Waals surface area contributed by atoms with E-state index in [1.807, 2.05) is 20.8 Å². The van der Waals surface area contributed by atoms with E-state index in [9.17, 15) is 5.11 Å². The van der Waals surface area contributed by atoms with Gasteiger partial charge in [-0.25, -0.2) is 0 Å². The molecule has 1 nitrogen and oxygen atoms in total. The van der Waals surface area contributed by atoms with Crippen molar-refractivity contribution in [2.45, 2.75) is 44.6 Å². The molecule has 0 amide bonds. The second-order valence-corrected chi connectivity index (χ2v) is 3.08. The summed E-state index contributed by atoms with van der Waals surface area (Å²) in [7, 11) is 0. The summed E-state index contributed by atoms with van der Waals surface area (Å²) in [6.07, 6.45) is 1.46. The maximum Gasteiger partial charge on any atom is 0.0802 e. The highest BCUT2D eigenvalue weighted by Gasteiger charge is 2.27. The number of halogens is 1. The lowest BCUT2D eigenvalue weighted by molar-refractivity contribution is 0.0322. The minimum atomic E-state index is -0.651. The molecule has 0 saturated heterocycles. The highest BCUT2D eigenvalue weighted by Crippen LogP contribution is 2.23. The second kappa shape index (κ2) is 3.43. The first-order valence-corrected chi connectivity index (χ1v) is 3.87. The summed E-state index contributed by atoms with van der Waals surface area (Å²) in [6, 6.07) is 0. The highest BCUT2D eigenvalue weighted by atomic mass is 35.5. The Kier molecular flexibility index (Phi) is 3.52. The van der Waals surface area contributed by atoms with Crippen LogP contribution < -0.4 is 0 Å². The van der Waals surface area contributed by atoms with Crippen molar-refractivity contribution in [3.63, 3.8) is 0 Å². The van der Waals surface area contributed by atoms with Gasteiger partial charge in [-0.1, -0.05) is 13.8 Å². The Balaban J connectivity index is 3.92. The third-order valence-electron chi connectivity index (χ3n) is 1.96. The van der Waals surface area contributed by atoms with E-state index in [-0.39, 0.29) is 5.38 Å². The smallest absolute Gasteiger partial charge is 0.0802 e. The lowest BCUT2D eigenvalue weighted by Gasteiger charge is -2.27. The molecule has 0 aromatic carbocycles. The molecule has 0 saturated carbocycles. The number of hydrogen-bond acceptors (Lipinski definition) is 1. The Hall–Kier alpha value is 0.250. The van der Waals surface area contributed by atoms with Gasteiger partial charge in [0.05, 0.1) is 11.0 Å². The summed E-state index contributed by atoms with van der Waals surface area (Å²) in [5.74, 6) is 0. The van der Waals surface area contributed by atoms with Gasteiger partial charge in [-0.05, 0) is 19.8 Å². The van der Waals surface area contributed by atoms with Gasteiger partial charge in [-0.2, -0.15) is 0 Å². The SMILES string of the molecule is CCC(O)(CC)[C@@H](C)Cl. The van der Waals surface area contributed by atoms with Gasteiger partial charge in [-0.15, -0.1) is 11.6 Å². The Morgan fingerprint density at radius 2 is 1.78 bits per heavy atom. The maximum atomic E-state index is 9.57. The zero-order chi connectivity index (χ0) is 7.49. The summed E-state index contributed by atoms with van der Waals surface area (Å²) in [4.78, 5) is 0. The van der Waals surface area contributed by atoms with Gasteiger partial charge in [0, 0.05) is 0 Å². The van der Waals surface area contributed by atoms with Crippen LogP contribution in [0.15, 0.2) is 0 Å². The average Bonchev–Trinajstić information content (AvgIpc) is 1.86. The Bertz CT molecular complexity index is 77.0. The molecule has 0 rings (SSSR count). The fraction of sp³-hybridized carbons (Fsp3) is 1.00. The highest BCUT2D eigenvalue weighted by molar-refractivity contribution is 6.21. The van der Waals surface area contributed by atoms with E-state index in [1.165, 1.54) is 0 Å². The molecule has 0 heterocycles. The normalized spacial score (nSPS) is 15.7. The van der Waals surface area contributed by atoms with Gasteiger partial charge in [-0.3, -0.25) is 0 Å². The lowest BCUT2D eigenvalue weighted by Crippen LogP contribution is -2.35. The van der Waals surface area contributed by atoms with Crippen LogP contribution in [0.4, 0.5) is 0 Å². The molecule has 1 atom stereocenters. The van der Waals surface area contributed by atoms with Crippen molar-refractivity contribution in [3.05, 3.63) is 0 Å². The number of aliphatic hydroxyl groups is 1. The second-order valence-electron chi connectivity index (χ2n) is 2.43. The predicted octanol–water partition coefficient (Wildman–Crippen LogP) is 2.16. The molecular formula is C7H15ClO. The van der Waals surface area contributed by atoms with E-state index in [1.54, 1.807) is 0 Å². The summed E-state index contributed by atoms with van der Waals surface area (Å²) in [6.45, 7) is 5.72. The van der Waals surface area contributed by atoms with Crippen LogP contribution in [-0.2, 0) is 0 Å². The summed E-state index contributed by atoms with van der Waals surface area (Å²) in [5, 5.41) is 9.43. The molecule has 9 heavy (non-hydrogen) atoms. The fourth-order valence-corrected chi connectivity index (χ4v) is 1.12. The Morgan fingerprint density at radius 1 is 1.44 bits per heavy atom. The molecule has 0 spiro atoms. The fourth-order valence-electron chi connectivity index (χ4n) is 0.813. The summed E-state index contributed by atoms with van der Waals surface area (Å²) in [5.41, 5.74) is -0.651. The van der Waals surface area contributed by atoms with Crippen molar-refractivity contribution in [3.8, 4) is 0 Å². The molecule has 0 bridgehead atoms. The molecule has 0 aliphatic carbocycles. The molecule has 0 unspecified atom stereocenters. The molecule has 2 heteroatoms. The number of rotatable bonds is 3. The van der Waals surface area contributed by atoms with Crippen molar-refractivity contribution in [1.82, 2.24) is 0 Å². The van der Waals surface area contributed by atoms with Crippen LogP contribution in [0.3, 0.4) is 0 Å². The van der Waals surface area contributed by atoms with Crippen LogP contribution >= 0.6 is 11.6 Å². The van der Waals surface area contributed by atoms with Gasteiger partial charge in [0.1, 0.15) is 0 Å². The lowest BCUT2D eigenvalue weighted by atomic mass is 9.94. The van der Waals surface area contributed by atoms with E-state index in [0.717, 1.165) is 12.8 Å². The minimum absolute atomic E-state index is 0.146. The van der Waals surface area contributed by atoms with Crippen LogP contribution in [0.5, 0.6) is 0 Å². The van der Waals surface area contributed by atoms with Crippen LogP contribution in [0.1, 0.15) is 33.6 Å². The first kappa shape index (κ1) is 9.25. The molecule has 0 radical (unpaired) electrons. The van der Waals surface area contributed by atoms with Crippen LogP contribution in [-0.4, -0.2) is 16.1 Å². The molecule has 0 fully saturated rings. The zero-order valence-electron chi connectivity index (χ0n) is 6.32. The Morgan fingerprint density at radius 3 is 1.78 bits per heavy atom. The van der Waals surface area contributed by atoms with Crippen LogP contribution in [0.2, 0.25) is 0 Å². The van der Waals surface area contributed by atoms with Gasteiger partial charge < -0.3 is 5.11 Å². The quantitative estimate of drug-likeness (QED) is 0.612. The van der Waals surface area contributed by atoms with Crippen molar-refractivity contribution >= 4 is 11.6 Å². The van der Waals surface area contributed by atoms with Crippen molar-refractivity contribution < 1.29 is 5.11 Å². The molecule has 0 aliphatic rings. The standard InChI is InChI=1S/C7H15ClO/c1-4-7(9,5-2)6(3)8/h6,9H,4-5H2,1-3H3/t6-/m1/s1. The molecule has 1 N–H and O–H groups in total. The molecular weight excluding hydrogens is 136 g/mol. The predicted molar refractivity (Wildman–Crippen MR) is 40.8 cm³/mol. The largest absolute Gasteiger partial charge is 0.388 e. The van der Waals surface area contributed by atoms with Gasteiger partial charge >= 0.3 is 0 Å². The minimum Gasteiger partial charge on any atom is -0.388 e. The topological polar surface area (TPSA) is 20.2 Å². The Labute approximate surface area is 62.0 Å². The van der Waals surface area contributed by atoms with Gasteiger partial charge in [0.2, 0.25) is 0 Å². The molecule has 0 aliphatic heterocycles. The number of alkyl halides is 1. The van der Waals surface area contributed by atoms with Crippen LogP contribution in [0.25, 0.3) is 0 Å². The first-order chi connectivity index (χ1) is 4.06. The van der Waals surface area contributed by atoms with E-state index >= 15 is 0 Å². The molecule has 0 aromatic rings. The molecule has 0 aromatic heterocycles. The van der Waals surface area contributed by atoms with Crippen LogP contribution in [0, 0.1) is 0 Å². The maximum absolute atomic E-state index is 9.57. The number of hydrogen-bond donors (Lipinski definition) is 1. The van der Waals surface area contributed by atoms with E-state index in [0.29, 0.717) is 0 Å². The third-order valence-corrected chi connectivity index (χ3v) is 2.37. The molecule has 56 valence electrons. The van der Waals surface area contributed by atoms with E-state index in [4.69, 9.17) is 11.6 Å². The summed E-state index contributed by atoms with van der Waals surface area (Å²) >= 11 is 5.74. The van der Waals surface area contributed by atoms with Gasteiger partial charge in [0.15, 0.2) is 0 Å². The average molecular weight is 151 g/mol. The summed E-state index contributed by atoms with van der Waals surface area (Å²) < 4.78 is 0. The third kappa shape index (κ3) is 2.15. The monoisotopic (exact) mass is 150 g/mol. The van der Waals surface area contributed by atoms with Crippen molar-refractivity contribution in [1.29, 1.82) is 0 Å². The zero-order valence-corrected chi connectivity index (χ0v) is 7.07. The van der Waals surface area contributed by atoms with Crippen molar-refractivity contribution in [2.75, 3.05) is 0 Å². The van der Waals surface area contributed by atoms with Gasteiger partial charge in [0.25, 0.3) is 0 Å². The van der Waals surface area contributed by atoms with E-state index in [2.05, 4.69) is 0 Å².